The van der Waals surface area contributed by atoms with Crippen molar-refractivity contribution in [3.63, 3.8) is 0 Å². The van der Waals surface area contributed by atoms with Gasteiger partial charge >= 0.3 is 0 Å². The molecule has 2 heterocycles. The van der Waals surface area contributed by atoms with Crippen LogP contribution in [0.25, 0.3) is 67.2 Å². The van der Waals surface area contributed by atoms with Crippen LogP contribution < -0.4 is 0 Å². The molecule has 0 saturated heterocycles. The van der Waals surface area contributed by atoms with Crippen molar-refractivity contribution in [2.45, 2.75) is 0 Å². The van der Waals surface area contributed by atoms with Crippen molar-refractivity contribution in [1.29, 1.82) is 0 Å². The van der Waals surface area contributed by atoms with Gasteiger partial charge in [0.1, 0.15) is 11.2 Å². The van der Waals surface area contributed by atoms with Crippen LogP contribution in [0.2, 0.25) is 5.02 Å². The molecule has 0 aliphatic carbocycles. The highest BCUT2D eigenvalue weighted by Gasteiger charge is 2.17. The zero-order valence-corrected chi connectivity index (χ0v) is 20.9. The Labute approximate surface area is 224 Å². The molecule has 180 valence electrons. The van der Waals surface area contributed by atoms with Crippen molar-refractivity contribution < 1.29 is 4.42 Å². The van der Waals surface area contributed by atoms with Crippen molar-refractivity contribution in [2.24, 2.45) is 0 Å². The lowest BCUT2D eigenvalue weighted by Crippen LogP contribution is -2.00. The highest BCUT2D eigenvalue weighted by molar-refractivity contribution is 6.31. The topological polar surface area (TPSA) is 51.8 Å². The van der Waals surface area contributed by atoms with Gasteiger partial charge in [-0.3, -0.25) is 0 Å². The van der Waals surface area contributed by atoms with E-state index in [2.05, 4.69) is 36.4 Å². The monoisotopic (exact) mass is 509 g/mol. The zero-order valence-electron chi connectivity index (χ0n) is 20.2. The van der Waals surface area contributed by atoms with Crippen LogP contribution in [-0.4, -0.2) is 15.0 Å². The molecule has 5 aromatic carbocycles. The van der Waals surface area contributed by atoms with Crippen LogP contribution in [0.15, 0.2) is 126 Å². The largest absolute Gasteiger partial charge is 0.455 e. The lowest BCUT2D eigenvalue weighted by atomic mass is 10.0. The summed E-state index contributed by atoms with van der Waals surface area (Å²) < 4.78 is 6.29. The van der Waals surface area contributed by atoms with Gasteiger partial charge < -0.3 is 4.42 Å². The van der Waals surface area contributed by atoms with E-state index in [1.54, 1.807) is 0 Å². The Balaban J connectivity index is 1.41. The van der Waals surface area contributed by atoms with Crippen LogP contribution in [-0.2, 0) is 0 Å². The third-order valence-electron chi connectivity index (χ3n) is 6.62. The van der Waals surface area contributed by atoms with Gasteiger partial charge in [-0.15, -0.1) is 0 Å². The number of halogens is 1. The highest BCUT2D eigenvalue weighted by Crippen LogP contribution is 2.36. The minimum Gasteiger partial charge on any atom is -0.455 e. The second-order valence-electron chi connectivity index (χ2n) is 9.04. The van der Waals surface area contributed by atoms with E-state index < -0.39 is 0 Å². The Kier molecular flexibility index (Phi) is 5.46. The Morgan fingerprint density at radius 2 is 1.05 bits per heavy atom. The van der Waals surface area contributed by atoms with Crippen LogP contribution in [0.1, 0.15) is 0 Å². The average molecular weight is 510 g/mol. The molecule has 0 fully saturated rings. The Morgan fingerprint density at radius 3 is 1.76 bits per heavy atom. The molecule has 0 amide bonds. The quantitative estimate of drug-likeness (QED) is 0.237. The Morgan fingerprint density at radius 1 is 0.474 bits per heavy atom. The summed E-state index contributed by atoms with van der Waals surface area (Å²) in [5, 5.41) is 2.59. The summed E-state index contributed by atoms with van der Waals surface area (Å²) in [5.41, 5.74) is 6.42. The molecule has 5 heteroatoms. The number of aromatic nitrogens is 3. The summed E-state index contributed by atoms with van der Waals surface area (Å²) in [6, 6.07) is 40.2. The van der Waals surface area contributed by atoms with Crippen LogP contribution in [0.3, 0.4) is 0 Å². The molecule has 7 rings (SSSR count). The van der Waals surface area contributed by atoms with E-state index in [0.29, 0.717) is 22.5 Å². The lowest BCUT2D eigenvalue weighted by molar-refractivity contribution is 0.669. The number of hydrogen-bond donors (Lipinski definition) is 0. The molecule has 0 unspecified atom stereocenters. The van der Waals surface area contributed by atoms with Crippen LogP contribution in [0.5, 0.6) is 0 Å². The molecule has 0 spiro atoms. The number of benzene rings is 5. The minimum absolute atomic E-state index is 0.553. The zero-order chi connectivity index (χ0) is 25.5. The molecule has 0 atom stereocenters. The molecule has 4 nitrogen and oxygen atoms in total. The molecule has 0 saturated carbocycles. The normalized spacial score (nSPS) is 11.3. The lowest BCUT2D eigenvalue weighted by Gasteiger charge is -2.09. The van der Waals surface area contributed by atoms with Gasteiger partial charge in [0.2, 0.25) is 0 Å². The second-order valence-corrected chi connectivity index (χ2v) is 9.48. The van der Waals surface area contributed by atoms with Crippen LogP contribution in [0, 0.1) is 0 Å². The smallest absolute Gasteiger partial charge is 0.167 e. The van der Waals surface area contributed by atoms with Gasteiger partial charge in [-0.25, -0.2) is 15.0 Å². The minimum atomic E-state index is 0.553. The molecular weight excluding hydrogens is 490 g/mol. The standard InChI is InChI=1S/C33H20ClN3O/c34-25-18-19-29-28(20-25)26-12-7-13-27(30(26)38-29)33-36-31(23-10-5-2-6-11-23)35-32(37-33)24-16-14-22(15-17-24)21-8-3-1-4-9-21/h1-20H. The van der Waals surface area contributed by atoms with Gasteiger partial charge in [-0.05, 0) is 35.4 Å². The average Bonchev–Trinajstić information content (AvgIpc) is 3.36. The fourth-order valence-corrected chi connectivity index (χ4v) is 4.90. The summed E-state index contributed by atoms with van der Waals surface area (Å²) in [6.07, 6.45) is 0. The van der Waals surface area contributed by atoms with Gasteiger partial charge in [-0.2, -0.15) is 0 Å². The second kappa shape index (κ2) is 9.25. The maximum Gasteiger partial charge on any atom is 0.167 e. The first-order valence-electron chi connectivity index (χ1n) is 12.3. The maximum atomic E-state index is 6.29. The SMILES string of the molecule is Clc1ccc2oc3c(-c4nc(-c5ccccc5)nc(-c5ccc(-c6ccccc6)cc5)n4)cccc3c2c1. The number of furan rings is 1. The maximum absolute atomic E-state index is 6.29. The van der Waals surface area contributed by atoms with Crippen LogP contribution >= 0.6 is 11.6 Å². The molecule has 0 N–H and O–H groups in total. The fourth-order valence-electron chi connectivity index (χ4n) is 4.73. The summed E-state index contributed by atoms with van der Waals surface area (Å²) in [7, 11) is 0. The van der Waals surface area contributed by atoms with E-state index >= 15 is 0 Å². The first-order valence-corrected chi connectivity index (χ1v) is 12.7. The number of nitrogens with zero attached hydrogens (tertiary/aromatic N) is 3. The van der Waals surface area contributed by atoms with Crippen molar-refractivity contribution >= 4 is 33.5 Å². The Bertz CT molecular complexity index is 1910. The molecule has 0 bridgehead atoms. The number of fused-ring (bicyclic) bond motifs is 3. The Hall–Kier alpha value is -4.80. The number of hydrogen-bond acceptors (Lipinski definition) is 4. The number of rotatable bonds is 4. The van der Waals surface area contributed by atoms with E-state index in [9.17, 15) is 0 Å². The van der Waals surface area contributed by atoms with Gasteiger partial charge in [0.25, 0.3) is 0 Å². The summed E-state index contributed by atoms with van der Waals surface area (Å²) >= 11 is 6.29. The van der Waals surface area contributed by atoms with Crippen molar-refractivity contribution in [3.8, 4) is 45.3 Å². The summed E-state index contributed by atoms with van der Waals surface area (Å²) in [4.78, 5) is 14.7. The molecule has 0 radical (unpaired) electrons. The van der Waals surface area contributed by atoms with Gasteiger partial charge in [-0.1, -0.05) is 109 Å². The predicted octanol–water partition coefficient (Wildman–Crippen LogP) is 9.09. The van der Waals surface area contributed by atoms with Crippen molar-refractivity contribution in [3.05, 3.63) is 126 Å². The van der Waals surface area contributed by atoms with Crippen LogP contribution in [0.4, 0.5) is 0 Å². The first-order chi connectivity index (χ1) is 18.7. The van der Waals surface area contributed by atoms with E-state index in [4.69, 9.17) is 31.0 Å². The van der Waals surface area contributed by atoms with Crippen molar-refractivity contribution in [1.82, 2.24) is 15.0 Å². The summed E-state index contributed by atoms with van der Waals surface area (Å²) in [5.74, 6) is 1.76. The molecule has 0 aliphatic rings. The fraction of sp³-hybridized carbons (Fsp3) is 0. The van der Waals surface area contributed by atoms with E-state index in [1.807, 2.05) is 84.9 Å². The molecule has 0 aliphatic heterocycles. The van der Waals surface area contributed by atoms with Gasteiger partial charge in [0.05, 0.1) is 5.56 Å². The summed E-state index contributed by atoms with van der Waals surface area (Å²) in [6.45, 7) is 0. The third kappa shape index (κ3) is 4.01. The third-order valence-corrected chi connectivity index (χ3v) is 6.85. The van der Waals surface area contributed by atoms with E-state index in [0.717, 1.165) is 49.8 Å². The highest BCUT2D eigenvalue weighted by atomic mass is 35.5. The molecular formula is C33H20ClN3O. The predicted molar refractivity (Wildman–Crippen MR) is 154 cm³/mol. The molecule has 2 aromatic heterocycles. The van der Waals surface area contributed by atoms with E-state index in [-0.39, 0.29) is 0 Å². The first kappa shape index (κ1) is 22.4. The van der Waals surface area contributed by atoms with Gasteiger partial charge in [0.15, 0.2) is 17.5 Å². The van der Waals surface area contributed by atoms with Crippen molar-refractivity contribution in [2.75, 3.05) is 0 Å². The van der Waals surface area contributed by atoms with Gasteiger partial charge in [0, 0.05) is 26.9 Å². The molecule has 38 heavy (non-hydrogen) atoms. The number of para-hydroxylation sites is 1. The van der Waals surface area contributed by atoms with E-state index in [1.165, 1.54) is 0 Å². The molecule has 7 aromatic rings.